The molecular formula is C25H25N3O2. The Morgan fingerprint density at radius 1 is 0.933 bits per heavy atom. The second-order valence-electron chi connectivity index (χ2n) is 7.73. The molecule has 2 amide bonds. The standard InChI is InChI=1S/C25H25N3O2/c1-17(15-24(29)26-23-12-6-10-19-8-4-5-11-22(19)23)27-28-25(30)21-14-13-18-7-2-3-9-20(18)16-21/h2-3,6-7,9-10,12-14,16H,4-5,8,11,15H2,1H3,(H,26,29)(H,28,30). The molecular weight excluding hydrogens is 374 g/mol. The highest BCUT2D eigenvalue weighted by Gasteiger charge is 2.15. The van der Waals surface area contributed by atoms with Gasteiger partial charge in [0.15, 0.2) is 0 Å². The van der Waals surface area contributed by atoms with Gasteiger partial charge in [-0.15, -0.1) is 0 Å². The van der Waals surface area contributed by atoms with Crippen molar-refractivity contribution < 1.29 is 9.59 Å². The molecule has 30 heavy (non-hydrogen) atoms. The number of fused-ring (bicyclic) bond motifs is 2. The zero-order valence-electron chi connectivity index (χ0n) is 17.1. The van der Waals surface area contributed by atoms with Crippen LogP contribution in [-0.4, -0.2) is 17.5 Å². The topological polar surface area (TPSA) is 70.6 Å². The van der Waals surface area contributed by atoms with E-state index in [0.717, 1.165) is 35.7 Å². The number of amides is 2. The average Bonchev–Trinajstić information content (AvgIpc) is 2.77. The van der Waals surface area contributed by atoms with E-state index in [-0.39, 0.29) is 18.2 Å². The summed E-state index contributed by atoms with van der Waals surface area (Å²) in [5.74, 6) is -0.423. The molecule has 152 valence electrons. The van der Waals surface area contributed by atoms with Crippen LogP contribution >= 0.6 is 0 Å². The van der Waals surface area contributed by atoms with Crippen LogP contribution in [0.3, 0.4) is 0 Å². The molecule has 1 aliphatic carbocycles. The zero-order chi connectivity index (χ0) is 20.9. The fourth-order valence-corrected chi connectivity index (χ4v) is 3.91. The summed E-state index contributed by atoms with van der Waals surface area (Å²) in [7, 11) is 0. The first-order valence-corrected chi connectivity index (χ1v) is 10.3. The number of nitrogens with zero attached hydrogens (tertiary/aromatic N) is 1. The first-order valence-electron chi connectivity index (χ1n) is 10.3. The van der Waals surface area contributed by atoms with Gasteiger partial charge in [-0.1, -0.05) is 42.5 Å². The predicted molar refractivity (Wildman–Crippen MR) is 121 cm³/mol. The molecule has 0 atom stereocenters. The molecule has 5 nitrogen and oxygen atoms in total. The summed E-state index contributed by atoms with van der Waals surface area (Å²) in [6, 6.07) is 19.5. The van der Waals surface area contributed by atoms with Crippen LogP contribution in [0.15, 0.2) is 65.8 Å². The highest BCUT2D eigenvalue weighted by Crippen LogP contribution is 2.27. The van der Waals surface area contributed by atoms with Crippen molar-refractivity contribution in [2.45, 2.75) is 39.0 Å². The van der Waals surface area contributed by atoms with E-state index >= 15 is 0 Å². The van der Waals surface area contributed by atoms with E-state index in [9.17, 15) is 9.59 Å². The fraction of sp³-hybridized carbons (Fsp3) is 0.240. The monoisotopic (exact) mass is 399 g/mol. The molecule has 3 aromatic rings. The number of nitrogens with one attached hydrogen (secondary N) is 2. The van der Waals surface area contributed by atoms with Gasteiger partial charge in [0.05, 0.1) is 6.42 Å². The molecule has 0 radical (unpaired) electrons. The SMILES string of the molecule is CC(CC(=O)Nc1cccc2c1CCCC2)=NNC(=O)c1ccc2ccccc2c1. The number of carbonyl (C=O) groups is 2. The molecule has 0 fully saturated rings. The van der Waals surface area contributed by atoms with E-state index in [0.29, 0.717) is 11.3 Å². The van der Waals surface area contributed by atoms with Gasteiger partial charge in [0.1, 0.15) is 0 Å². The van der Waals surface area contributed by atoms with E-state index in [1.165, 1.54) is 17.5 Å². The number of hydrogen-bond acceptors (Lipinski definition) is 3. The van der Waals surface area contributed by atoms with Crippen molar-refractivity contribution in [2.75, 3.05) is 5.32 Å². The van der Waals surface area contributed by atoms with Crippen molar-refractivity contribution in [3.05, 3.63) is 77.4 Å². The van der Waals surface area contributed by atoms with Crippen molar-refractivity contribution in [1.29, 1.82) is 0 Å². The van der Waals surface area contributed by atoms with Gasteiger partial charge < -0.3 is 5.32 Å². The van der Waals surface area contributed by atoms with Gasteiger partial charge >= 0.3 is 0 Å². The number of benzene rings is 3. The lowest BCUT2D eigenvalue weighted by Crippen LogP contribution is -2.22. The Morgan fingerprint density at radius 3 is 2.60 bits per heavy atom. The number of carbonyl (C=O) groups excluding carboxylic acids is 2. The highest BCUT2D eigenvalue weighted by atomic mass is 16.2. The van der Waals surface area contributed by atoms with E-state index in [2.05, 4.69) is 21.9 Å². The summed E-state index contributed by atoms with van der Waals surface area (Å²) in [5.41, 5.74) is 7.10. The van der Waals surface area contributed by atoms with Crippen molar-refractivity contribution in [2.24, 2.45) is 5.10 Å². The third-order valence-electron chi connectivity index (χ3n) is 5.45. The molecule has 0 heterocycles. The van der Waals surface area contributed by atoms with Gasteiger partial charge in [-0.2, -0.15) is 5.10 Å². The summed E-state index contributed by atoms with van der Waals surface area (Å²) < 4.78 is 0. The number of hydrogen-bond donors (Lipinski definition) is 2. The van der Waals surface area contributed by atoms with Gasteiger partial charge in [0.25, 0.3) is 5.91 Å². The van der Waals surface area contributed by atoms with Gasteiger partial charge in [-0.25, -0.2) is 5.43 Å². The van der Waals surface area contributed by atoms with Crippen molar-refractivity contribution in [3.63, 3.8) is 0 Å². The summed E-state index contributed by atoms with van der Waals surface area (Å²) in [6.07, 6.45) is 4.55. The van der Waals surface area contributed by atoms with Crippen LogP contribution in [0.5, 0.6) is 0 Å². The normalized spacial score (nSPS) is 13.6. The van der Waals surface area contributed by atoms with Crippen LogP contribution in [0.1, 0.15) is 47.7 Å². The molecule has 0 spiro atoms. The fourth-order valence-electron chi connectivity index (χ4n) is 3.91. The minimum absolute atomic E-state index is 0.127. The van der Waals surface area contributed by atoms with E-state index in [1.54, 1.807) is 13.0 Å². The van der Waals surface area contributed by atoms with Gasteiger partial charge in [-0.3, -0.25) is 9.59 Å². The molecule has 3 aromatic carbocycles. The molecule has 5 heteroatoms. The Hall–Kier alpha value is -3.47. The zero-order valence-corrected chi connectivity index (χ0v) is 17.1. The molecule has 1 aliphatic rings. The summed E-state index contributed by atoms with van der Waals surface area (Å²) >= 11 is 0. The van der Waals surface area contributed by atoms with E-state index in [1.807, 2.05) is 48.5 Å². The van der Waals surface area contributed by atoms with E-state index < -0.39 is 0 Å². The molecule has 4 rings (SSSR count). The lowest BCUT2D eigenvalue weighted by atomic mass is 9.90. The Bertz CT molecular complexity index is 1130. The maximum absolute atomic E-state index is 12.5. The summed E-state index contributed by atoms with van der Waals surface area (Å²) in [4.78, 5) is 24.9. The Labute approximate surface area is 176 Å². The van der Waals surface area contributed by atoms with Crippen molar-refractivity contribution >= 4 is 34.0 Å². The van der Waals surface area contributed by atoms with Crippen LogP contribution in [0.2, 0.25) is 0 Å². The lowest BCUT2D eigenvalue weighted by Gasteiger charge is -2.19. The molecule has 0 bridgehead atoms. The number of anilines is 1. The van der Waals surface area contributed by atoms with Crippen LogP contribution in [-0.2, 0) is 17.6 Å². The molecule has 0 unspecified atom stereocenters. The maximum atomic E-state index is 12.5. The Balaban J connectivity index is 1.36. The first kappa shape index (κ1) is 19.8. The van der Waals surface area contributed by atoms with E-state index in [4.69, 9.17) is 0 Å². The number of rotatable bonds is 5. The average molecular weight is 399 g/mol. The molecule has 2 N–H and O–H groups in total. The summed E-state index contributed by atoms with van der Waals surface area (Å²) in [6.45, 7) is 1.74. The lowest BCUT2D eigenvalue weighted by molar-refractivity contribution is -0.115. The van der Waals surface area contributed by atoms with Crippen LogP contribution in [0.4, 0.5) is 5.69 Å². The second kappa shape index (κ2) is 8.91. The summed E-state index contributed by atoms with van der Waals surface area (Å²) in [5, 5.41) is 9.19. The number of aryl methyl sites for hydroxylation is 1. The second-order valence-corrected chi connectivity index (χ2v) is 7.73. The third-order valence-corrected chi connectivity index (χ3v) is 5.45. The molecule has 0 aromatic heterocycles. The van der Waals surface area contributed by atoms with Crippen LogP contribution < -0.4 is 10.7 Å². The molecule has 0 aliphatic heterocycles. The van der Waals surface area contributed by atoms with Gasteiger partial charge in [-0.05, 0) is 72.7 Å². The number of hydrazone groups is 1. The molecule has 0 saturated heterocycles. The maximum Gasteiger partial charge on any atom is 0.271 e. The highest BCUT2D eigenvalue weighted by molar-refractivity contribution is 6.06. The Morgan fingerprint density at radius 2 is 1.73 bits per heavy atom. The minimum Gasteiger partial charge on any atom is -0.325 e. The van der Waals surface area contributed by atoms with Gasteiger partial charge in [0.2, 0.25) is 5.91 Å². The van der Waals surface area contributed by atoms with Crippen molar-refractivity contribution in [3.8, 4) is 0 Å². The minimum atomic E-state index is -0.294. The third kappa shape index (κ3) is 4.57. The quantitative estimate of drug-likeness (QED) is 0.475. The molecule has 0 saturated carbocycles. The Kier molecular flexibility index (Phi) is 5.89. The largest absolute Gasteiger partial charge is 0.325 e. The van der Waals surface area contributed by atoms with Crippen molar-refractivity contribution in [1.82, 2.24) is 5.43 Å². The van der Waals surface area contributed by atoms with Crippen LogP contribution in [0, 0.1) is 0 Å². The first-order chi connectivity index (χ1) is 14.6. The van der Waals surface area contributed by atoms with Gasteiger partial charge in [0, 0.05) is 17.0 Å². The predicted octanol–water partition coefficient (Wildman–Crippen LogP) is 4.85. The smallest absolute Gasteiger partial charge is 0.271 e. The van der Waals surface area contributed by atoms with Crippen LogP contribution in [0.25, 0.3) is 10.8 Å².